The topological polar surface area (TPSA) is 39.1 Å². The summed E-state index contributed by atoms with van der Waals surface area (Å²) in [6, 6.07) is 6.75. The highest BCUT2D eigenvalue weighted by Crippen LogP contribution is 2.31. The van der Waals surface area contributed by atoms with Gasteiger partial charge in [0.25, 0.3) is 0 Å². The van der Waals surface area contributed by atoms with E-state index in [4.69, 9.17) is 4.74 Å². The molecule has 1 aromatic carbocycles. The van der Waals surface area contributed by atoms with E-state index in [0.717, 1.165) is 37.4 Å². The van der Waals surface area contributed by atoms with Gasteiger partial charge in [0.15, 0.2) is 0 Å². The monoisotopic (exact) mass is 285 g/mol. The fourth-order valence-corrected chi connectivity index (χ4v) is 2.98. The van der Waals surface area contributed by atoms with Crippen LogP contribution in [0.4, 0.5) is 0 Å². The van der Waals surface area contributed by atoms with Gasteiger partial charge in [-0.25, -0.2) is 0 Å². The summed E-state index contributed by atoms with van der Waals surface area (Å²) < 4.78 is 7.50. The molecule has 2 aromatic rings. The second-order valence-electron chi connectivity index (χ2n) is 5.70. The van der Waals surface area contributed by atoms with Gasteiger partial charge >= 0.3 is 0 Å². The first kappa shape index (κ1) is 14.1. The first-order valence-electron chi connectivity index (χ1n) is 7.68. The van der Waals surface area contributed by atoms with Crippen molar-refractivity contribution >= 4 is 0 Å². The number of hydrogen-bond acceptors (Lipinski definition) is 3. The molecule has 1 unspecified atom stereocenters. The molecule has 0 radical (unpaired) electrons. The van der Waals surface area contributed by atoms with Crippen LogP contribution < -0.4 is 10.1 Å². The minimum atomic E-state index is 0.199. The minimum Gasteiger partial charge on any atom is -0.493 e. The molecule has 21 heavy (non-hydrogen) atoms. The second kappa shape index (κ2) is 5.90. The zero-order valence-electron chi connectivity index (χ0n) is 13.0. The summed E-state index contributed by atoms with van der Waals surface area (Å²) in [7, 11) is 1.98. The van der Waals surface area contributed by atoms with Crippen LogP contribution in [-0.2, 0) is 13.5 Å². The molecule has 1 N–H and O–H groups in total. The lowest BCUT2D eigenvalue weighted by atomic mass is 9.97. The number of nitrogens with one attached hydrogen (secondary N) is 1. The van der Waals surface area contributed by atoms with Gasteiger partial charge in [0.1, 0.15) is 5.75 Å². The van der Waals surface area contributed by atoms with Gasteiger partial charge in [-0.1, -0.05) is 19.1 Å². The van der Waals surface area contributed by atoms with Gasteiger partial charge in [-0.2, -0.15) is 5.10 Å². The van der Waals surface area contributed by atoms with Gasteiger partial charge in [0.2, 0.25) is 0 Å². The molecule has 0 aliphatic carbocycles. The molecule has 1 aliphatic heterocycles. The zero-order valence-corrected chi connectivity index (χ0v) is 13.0. The van der Waals surface area contributed by atoms with Crippen LogP contribution in [0.3, 0.4) is 0 Å². The van der Waals surface area contributed by atoms with Crippen LogP contribution >= 0.6 is 0 Å². The van der Waals surface area contributed by atoms with E-state index in [9.17, 15) is 0 Å². The summed E-state index contributed by atoms with van der Waals surface area (Å²) in [4.78, 5) is 0. The van der Waals surface area contributed by atoms with Crippen LogP contribution in [0.1, 0.15) is 41.8 Å². The summed E-state index contributed by atoms with van der Waals surface area (Å²) in [5.74, 6) is 1.04. The third kappa shape index (κ3) is 2.81. The average Bonchev–Trinajstić information content (AvgIpc) is 3.05. The number of ether oxygens (including phenoxy) is 1. The molecule has 0 saturated carbocycles. The lowest BCUT2D eigenvalue weighted by Crippen LogP contribution is -2.23. The molecule has 1 atom stereocenters. The van der Waals surface area contributed by atoms with Crippen molar-refractivity contribution in [2.75, 3.05) is 13.2 Å². The van der Waals surface area contributed by atoms with Gasteiger partial charge < -0.3 is 10.1 Å². The zero-order chi connectivity index (χ0) is 14.8. The van der Waals surface area contributed by atoms with Crippen molar-refractivity contribution in [2.45, 2.75) is 32.7 Å². The SMILES string of the molecule is CCCNC(c1ccc2c(c1)CCO2)c1cn(C)nc1C. The number of hydrogen-bond donors (Lipinski definition) is 1. The number of nitrogens with zero attached hydrogens (tertiary/aromatic N) is 2. The summed E-state index contributed by atoms with van der Waals surface area (Å²) in [5, 5.41) is 8.14. The largest absolute Gasteiger partial charge is 0.493 e. The maximum absolute atomic E-state index is 5.61. The van der Waals surface area contributed by atoms with E-state index in [2.05, 4.69) is 48.7 Å². The fraction of sp³-hybridized carbons (Fsp3) is 0.471. The predicted molar refractivity (Wildman–Crippen MR) is 83.7 cm³/mol. The Bertz CT molecular complexity index is 633. The van der Waals surface area contributed by atoms with Gasteiger partial charge in [0.05, 0.1) is 18.3 Å². The standard InChI is InChI=1S/C17H23N3O/c1-4-8-18-17(15-11-20(3)19-12(15)2)14-5-6-16-13(10-14)7-9-21-16/h5-6,10-11,17-18H,4,7-9H2,1-3H3. The second-order valence-corrected chi connectivity index (χ2v) is 5.70. The Balaban J connectivity index is 1.97. The van der Waals surface area contributed by atoms with Crippen LogP contribution in [-0.4, -0.2) is 22.9 Å². The Morgan fingerprint density at radius 2 is 2.29 bits per heavy atom. The molecule has 4 heteroatoms. The van der Waals surface area contributed by atoms with Crippen molar-refractivity contribution in [2.24, 2.45) is 7.05 Å². The minimum absolute atomic E-state index is 0.199. The summed E-state index contributed by atoms with van der Waals surface area (Å²) >= 11 is 0. The van der Waals surface area contributed by atoms with Crippen molar-refractivity contribution in [3.8, 4) is 5.75 Å². The average molecular weight is 285 g/mol. The molecule has 0 amide bonds. The Morgan fingerprint density at radius 3 is 3.00 bits per heavy atom. The van der Waals surface area contributed by atoms with E-state index in [-0.39, 0.29) is 6.04 Å². The van der Waals surface area contributed by atoms with E-state index >= 15 is 0 Å². The number of aromatic nitrogens is 2. The van der Waals surface area contributed by atoms with Crippen LogP contribution in [0.2, 0.25) is 0 Å². The highest BCUT2D eigenvalue weighted by molar-refractivity contribution is 5.43. The molecule has 0 spiro atoms. The van der Waals surface area contributed by atoms with Crippen molar-refractivity contribution in [3.05, 3.63) is 46.8 Å². The summed E-state index contributed by atoms with van der Waals surface area (Å²) in [5.41, 5.74) is 4.95. The maximum Gasteiger partial charge on any atom is 0.122 e. The normalized spacial score (nSPS) is 14.8. The van der Waals surface area contributed by atoms with E-state index in [1.54, 1.807) is 0 Å². The smallest absolute Gasteiger partial charge is 0.122 e. The van der Waals surface area contributed by atoms with Crippen molar-refractivity contribution < 1.29 is 4.74 Å². The van der Waals surface area contributed by atoms with Crippen molar-refractivity contribution in [3.63, 3.8) is 0 Å². The van der Waals surface area contributed by atoms with Gasteiger partial charge in [-0.3, -0.25) is 4.68 Å². The number of benzene rings is 1. The Hall–Kier alpha value is -1.81. The van der Waals surface area contributed by atoms with Gasteiger partial charge in [0, 0.05) is 25.2 Å². The lowest BCUT2D eigenvalue weighted by molar-refractivity contribution is 0.357. The van der Waals surface area contributed by atoms with Crippen molar-refractivity contribution in [1.29, 1.82) is 0 Å². The van der Waals surface area contributed by atoms with Gasteiger partial charge in [-0.15, -0.1) is 0 Å². The van der Waals surface area contributed by atoms with Crippen molar-refractivity contribution in [1.82, 2.24) is 15.1 Å². The molecule has 3 rings (SSSR count). The predicted octanol–water partition coefficient (Wildman–Crippen LogP) is 2.75. The molecular formula is C17H23N3O. The van der Waals surface area contributed by atoms with E-state index < -0.39 is 0 Å². The maximum atomic E-state index is 5.61. The van der Waals surface area contributed by atoms with E-state index in [0.29, 0.717) is 0 Å². The summed E-state index contributed by atoms with van der Waals surface area (Å²) in [6.45, 7) is 6.06. The third-order valence-electron chi connectivity index (χ3n) is 4.01. The summed E-state index contributed by atoms with van der Waals surface area (Å²) in [6.07, 6.45) is 4.24. The third-order valence-corrected chi connectivity index (χ3v) is 4.01. The Morgan fingerprint density at radius 1 is 1.43 bits per heavy atom. The Labute approximate surface area is 126 Å². The lowest BCUT2D eigenvalue weighted by Gasteiger charge is -2.19. The number of fused-ring (bicyclic) bond motifs is 1. The highest BCUT2D eigenvalue weighted by Gasteiger charge is 2.20. The molecule has 0 saturated heterocycles. The highest BCUT2D eigenvalue weighted by atomic mass is 16.5. The van der Waals surface area contributed by atoms with Crippen LogP contribution in [0, 0.1) is 6.92 Å². The first-order chi connectivity index (χ1) is 10.2. The van der Waals surface area contributed by atoms with Crippen LogP contribution in [0.15, 0.2) is 24.4 Å². The van der Waals surface area contributed by atoms with Crippen LogP contribution in [0.5, 0.6) is 5.75 Å². The molecule has 1 aromatic heterocycles. The quantitative estimate of drug-likeness (QED) is 0.918. The van der Waals surface area contributed by atoms with E-state index in [1.807, 2.05) is 11.7 Å². The first-order valence-corrected chi connectivity index (χ1v) is 7.68. The molecular weight excluding hydrogens is 262 g/mol. The van der Waals surface area contributed by atoms with Crippen LogP contribution in [0.25, 0.3) is 0 Å². The number of aryl methyl sites for hydroxylation is 2. The molecule has 2 heterocycles. The van der Waals surface area contributed by atoms with Gasteiger partial charge in [-0.05, 0) is 37.1 Å². The molecule has 4 nitrogen and oxygen atoms in total. The molecule has 112 valence electrons. The fourth-order valence-electron chi connectivity index (χ4n) is 2.98. The molecule has 0 fully saturated rings. The molecule has 1 aliphatic rings. The van der Waals surface area contributed by atoms with E-state index in [1.165, 1.54) is 16.7 Å². The molecule has 0 bridgehead atoms. The Kier molecular flexibility index (Phi) is 3.97. The number of rotatable bonds is 5.